The van der Waals surface area contributed by atoms with Gasteiger partial charge in [-0.05, 0) is 31.5 Å². The van der Waals surface area contributed by atoms with Gasteiger partial charge >= 0.3 is 0 Å². The number of rotatable bonds is 4. The Hall–Kier alpha value is -2.54. The summed E-state index contributed by atoms with van der Waals surface area (Å²) in [5.74, 6) is 0.765. The van der Waals surface area contributed by atoms with E-state index in [1.165, 1.54) is 12.8 Å². The molecule has 0 N–H and O–H groups in total. The summed E-state index contributed by atoms with van der Waals surface area (Å²) in [4.78, 5) is 18.1. The van der Waals surface area contributed by atoms with Crippen LogP contribution in [0.1, 0.15) is 36.6 Å². The number of piperidine rings is 1. The van der Waals surface area contributed by atoms with Gasteiger partial charge in [0, 0.05) is 44.8 Å². The standard InChI is InChI=1S/C18H23N7/c1-23(2)18-20-9-7-15(22-18)16-6-3-4-10-24(16)13-14-12-21-25-11-5-8-19-17(14)25/h5,7-9,11-12,16H,3-4,6,10,13H2,1-2H3/t16-/m1/s1. The summed E-state index contributed by atoms with van der Waals surface area (Å²) in [5, 5.41) is 4.41. The SMILES string of the molecule is CN(C)c1nccc([C@H]2CCCCN2Cc2cnn3cccnc23)n1. The van der Waals surface area contributed by atoms with E-state index in [1.54, 1.807) is 0 Å². The van der Waals surface area contributed by atoms with Crippen LogP contribution in [0.3, 0.4) is 0 Å². The zero-order chi connectivity index (χ0) is 17.2. The summed E-state index contributed by atoms with van der Waals surface area (Å²) < 4.78 is 1.84. The molecule has 1 saturated heterocycles. The monoisotopic (exact) mass is 337 g/mol. The maximum Gasteiger partial charge on any atom is 0.225 e. The summed E-state index contributed by atoms with van der Waals surface area (Å²) in [6, 6.07) is 4.26. The number of likely N-dealkylation sites (tertiary alicyclic amines) is 1. The maximum atomic E-state index is 4.77. The maximum absolute atomic E-state index is 4.77. The quantitative estimate of drug-likeness (QED) is 0.728. The van der Waals surface area contributed by atoms with Crippen molar-refractivity contribution >= 4 is 11.6 Å². The second-order valence-corrected chi connectivity index (χ2v) is 6.72. The summed E-state index contributed by atoms with van der Waals surface area (Å²) in [7, 11) is 3.95. The van der Waals surface area contributed by atoms with Crippen LogP contribution in [0, 0.1) is 0 Å². The molecule has 1 fully saturated rings. The lowest BCUT2D eigenvalue weighted by atomic mass is 9.98. The van der Waals surface area contributed by atoms with Gasteiger partial charge in [0.1, 0.15) is 0 Å². The molecule has 0 saturated carbocycles. The third-order valence-corrected chi connectivity index (χ3v) is 4.75. The van der Waals surface area contributed by atoms with Gasteiger partial charge in [0.25, 0.3) is 0 Å². The van der Waals surface area contributed by atoms with E-state index in [4.69, 9.17) is 4.98 Å². The lowest BCUT2D eigenvalue weighted by molar-refractivity contribution is 0.137. The first-order chi connectivity index (χ1) is 12.2. The predicted octanol–water partition coefficient (Wildman–Crippen LogP) is 2.31. The number of hydrogen-bond donors (Lipinski definition) is 0. The molecule has 1 aliphatic rings. The molecule has 1 aliphatic heterocycles. The Morgan fingerprint density at radius 3 is 3.00 bits per heavy atom. The number of hydrogen-bond acceptors (Lipinski definition) is 6. The average Bonchev–Trinajstić information content (AvgIpc) is 3.05. The van der Waals surface area contributed by atoms with Crippen LogP contribution in [0.5, 0.6) is 0 Å². The molecule has 3 aromatic rings. The molecule has 130 valence electrons. The lowest BCUT2D eigenvalue weighted by Crippen LogP contribution is -2.33. The van der Waals surface area contributed by atoms with Crippen LogP contribution in [0.25, 0.3) is 5.65 Å². The number of aromatic nitrogens is 5. The van der Waals surface area contributed by atoms with Crippen LogP contribution < -0.4 is 4.90 Å². The van der Waals surface area contributed by atoms with Crippen LogP contribution >= 0.6 is 0 Å². The Labute approximate surface area is 147 Å². The van der Waals surface area contributed by atoms with E-state index < -0.39 is 0 Å². The van der Waals surface area contributed by atoms with Gasteiger partial charge < -0.3 is 4.90 Å². The highest BCUT2D eigenvalue weighted by molar-refractivity contribution is 5.45. The molecular formula is C18H23N7. The van der Waals surface area contributed by atoms with Gasteiger partial charge in [-0.25, -0.2) is 19.5 Å². The third kappa shape index (κ3) is 3.19. The van der Waals surface area contributed by atoms with Crippen molar-refractivity contribution in [2.24, 2.45) is 0 Å². The Bertz CT molecular complexity index is 857. The average molecular weight is 337 g/mol. The van der Waals surface area contributed by atoms with Crippen molar-refractivity contribution in [1.29, 1.82) is 0 Å². The van der Waals surface area contributed by atoms with Crippen molar-refractivity contribution in [3.8, 4) is 0 Å². The van der Waals surface area contributed by atoms with Crippen LogP contribution in [-0.4, -0.2) is 50.1 Å². The molecule has 0 unspecified atom stereocenters. The molecule has 0 aromatic carbocycles. The van der Waals surface area contributed by atoms with Gasteiger partial charge in [0.15, 0.2) is 5.65 Å². The van der Waals surface area contributed by atoms with Crippen LogP contribution in [-0.2, 0) is 6.54 Å². The van der Waals surface area contributed by atoms with E-state index in [-0.39, 0.29) is 0 Å². The first-order valence-corrected chi connectivity index (χ1v) is 8.74. The van der Waals surface area contributed by atoms with E-state index in [1.807, 2.05) is 60.4 Å². The highest BCUT2D eigenvalue weighted by Crippen LogP contribution is 2.31. The molecule has 7 nitrogen and oxygen atoms in total. The van der Waals surface area contributed by atoms with Gasteiger partial charge in [0.2, 0.25) is 5.95 Å². The van der Waals surface area contributed by atoms with Crippen molar-refractivity contribution in [2.75, 3.05) is 25.5 Å². The highest BCUT2D eigenvalue weighted by atomic mass is 15.3. The van der Waals surface area contributed by atoms with Gasteiger partial charge in [0.05, 0.1) is 17.9 Å². The topological polar surface area (TPSA) is 62.5 Å². The first kappa shape index (κ1) is 16.0. The Kier molecular flexibility index (Phi) is 4.31. The number of nitrogens with zero attached hydrogens (tertiary/aromatic N) is 7. The second-order valence-electron chi connectivity index (χ2n) is 6.72. The fourth-order valence-corrected chi connectivity index (χ4v) is 3.48. The van der Waals surface area contributed by atoms with Crippen molar-refractivity contribution in [3.63, 3.8) is 0 Å². The molecule has 0 amide bonds. The van der Waals surface area contributed by atoms with Crippen LogP contribution in [0.15, 0.2) is 36.9 Å². The minimum absolute atomic E-state index is 0.314. The first-order valence-electron chi connectivity index (χ1n) is 8.74. The van der Waals surface area contributed by atoms with Gasteiger partial charge in [-0.1, -0.05) is 6.42 Å². The second kappa shape index (κ2) is 6.76. The van der Waals surface area contributed by atoms with Crippen molar-refractivity contribution in [2.45, 2.75) is 31.8 Å². The number of anilines is 1. The zero-order valence-corrected chi connectivity index (χ0v) is 14.7. The number of fused-ring (bicyclic) bond motifs is 1. The highest BCUT2D eigenvalue weighted by Gasteiger charge is 2.26. The molecule has 1 atom stereocenters. The minimum atomic E-state index is 0.314. The third-order valence-electron chi connectivity index (χ3n) is 4.75. The lowest BCUT2D eigenvalue weighted by Gasteiger charge is -2.35. The molecule has 0 bridgehead atoms. The molecule has 0 radical (unpaired) electrons. The van der Waals surface area contributed by atoms with Crippen molar-refractivity contribution in [3.05, 3.63) is 48.2 Å². The molecule has 4 heterocycles. The van der Waals surface area contributed by atoms with Gasteiger partial charge in [-0.15, -0.1) is 0 Å². The normalized spacial score (nSPS) is 18.6. The molecule has 0 aliphatic carbocycles. The summed E-state index contributed by atoms with van der Waals surface area (Å²) >= 11 is 0. The van der Waals surface area contributed by atoms with E-state index >= 15 is 0 Å². The summed E-state index contributed by atoms with van der Waals surface area (Å²) in [5.41, 5.74) is 3.20. The molecule has 3 aromatic heterocycles. The smallest absolute Gasteiger partial charge is 0.225 e. The summed E-state index contributed by atoms with van der Waals surface area (Å²) in [6.07, 6.45) is 11.1. The molecule has 0 spiro atoms. The van der Waals surface area contributed by atoms with E-state index in [0.29, 0.717) is 6.04 Å². The van der Waals surface area contributed by atoms with Gasteiger partial charge in [-0.3, -0.25) is 4.90 Å². The minimum Gasteiger partial charge on any atom is -0.347 e. The fourth-order valence-electron chi connectivity index (χ4n) is 3.48. The predicted molar refractivity (Wildman–Crippen MR) is 96.3 cm³/mol. The van der Waals surface area contributed by atoms with Crippen molar-refractivity contribution < 1.29 is 0 Å². The Morgan fingerprint density at radius 1 is 1.20 bits per heavy atom. The summed E-state index contributed by atoms with van der Waals surface area (Å²) in [6.45, 7) is 1.91. The Balaban J connectivity index is 1.62. The van der Waals surface area contributed by atoms with E-state index in [9.17, 15) is 0 Å². The van der Waals surface area contributed by atoms with Gasteiger partial charge in [-0.2, -0.15) is 5.10 Å². The van der Waals surface area contributed by atoms with E-state index in [0.717, 1.165) is 42.4 Å². The molecule has 7 heteroatoms. The zero-order valence-electron chi connectivity index (χ0n) is 14.7. The van der Waals surface area contributed by atoms with Crippen molar-refractivity contribution in [1.82, 2.24) is 29.5 Å². The van der Waals surface area contributed by atoms with E-state index in [2.05, 4.69) is 20.0 Å². The Morgan fingerprint density at radius 2 is 2.12 bits per heavy atom. The molecular weight excluding hydrogens is 314 g/mol. The largest absolute Gasteiger partial charge is 0.347 e. The fraction of sp³-hybridized carbons (Fsp3) is 0.444. The van der Waals surface area contributed by atoms with Crippen LogP contribution in [0.4, 0.5) is 5.95 Å². The molecule has 25 heavy (non-hydrogen) atoms. The molecule has 4 rings (SSSR count). The van der Waals surface area contributed by atoms with Crippen LogP contribution in [0.2, 0.25) is 0 Å².